The summed E-state index contributed by atoms with van der Waals surface area (Å²) in [5.41, 5.74) is 0.453. The molecular formula is C15H20ClNO2. The third-order valence-corrected chi connectivity index (χ3v) is 3.79. The number of nitrogens with one attached hydrogen (secondary N) is 1. The molecule has 0 aliphatic rings. The van der Waals surface area contributed by atoms with Crippen LogP contribution in [0.4, 0.5) is 10.5 Å². The minimum atomic E-state index is -0.527. The number of rotatable bonds is 5. The molecule has 0 radical (unpaired) electrons. The van der Waals surface area contributed by atoms with E-state index in [0.29, 0.717) is 16.5 Å². The SMILES string of the molecule is C=C(OC(=O)Nc1ccc(Cl)cc1)C(C)(CC)CC. The zero-order valence-corrected chi connectivity index (χ0v) is 12.4. The van der Waals surface area contributed by atoms with Crippen LogP contribution in [0.1, 0.15) is 33.6 Å². The number of carbonyl (C=O) groups excluding carboxylic acids is 1. The molecule has 3 nitrogen and oxygen atoms in total. The first-order valence-electron chi connectivity index (χ1n) is 6.35. The van der Waals surface area contributed by atoms with Gasteiger partial charge < -0.3 is 4.74 Å². The average Bonchev–Trinajstić information content (AvgIpc) is 2.40. The molecule has 4 heteroatoms. The fraction of sp³-hybridized carbons (Fsp3) is 0.400. The summed E-state index contributed by atoms with van der Waals surface area (Å²) in [6.45, 7) is 9.99. The van der Waals surface area contributed by atoms with Crippen LogP contribution in [0.25, 0.3) is 0 Å². The van der Waals surface area contributed by atoms with E-state index in [1.807, 2.05) is 6.92 Å². The first-order chi connectivity index (χ1) is 8.91. The first-order valence-corrected chi connectivity index (χ1v) is 6.73. The number of amides is 1. The average molecular weight is 282 g/mol. The topological polar surface area (TPSA) is 38.3 Å². The highest BCUT2D eigenvalue weighted by molar-refractivity contribution is 6.30. The summed E-state index contributed by atoms with van der Waals surface area (Å²) in [5, 5.41) is 3.26. The van der Waals surface area contributed by atoms with Gasteiger partial charge in [0.05, 0.1) is 0 Å². The van der Waals surface area contributed by atoms with Crippen molar-refractivity contribution >= 4 is 23.4 Å². The molecule has 0 saturated carbocycles. The molecule has 1 amide bonds. The lowest BCUT2D eigenvalue weighted by molar-refractivity contribution is 0.154. The molecule has 0 bridgehead atoms. The van der Waals surface area contributed by atoms with Crippen molar-refractivity contribution in [2.75, 3.05) is 5.32 Å². The molecule has 0 saturated heterocycles. The van der Waals surface area contributed by atoms with Gasteiger partial charge in [-0.05, 0) is 37.1 Å². The summed E-state index contributed by atoms with van der Waals surface area (Å²) < 4.78 is 5.25. The Kier molecular flexibility index (Phi) is 5.43. The minimum Gasteiger partial charge on any atom is -0.415 e. The van der Waals surface area contributed by atoms with Gasteiger partial charge in [0.25, 0.3) is 0 Å². The highest BCUT2D eigenvalue weighted by Gasteiger charge is 2.26. The fourth-order valence-electron chi connectivity index (χ4n) is 1.56. The van der Waals surface area contributed by atoms with Crippen LogP contribution in [-0.2, 0) is 4.74 Å². The smallest absolute Gasteiger partial charge is 0.415 e. The molecule has 1 N–H and O–H groups in total. The van der Waals surface area contributed by atoms with E-state index >= 15 is 0 Å². The van der Waals surface area contributed by atoms with E-state index in [2.05, 4.69) is 25.7 Å². The van der Waals surface area contributed by atoms with Crippen molar-refractivity contribution in [2.45, 2.75) is 33.6 Å². The number of halogens is 1. The first kappa shape index (κ1) is 15.6. The Hall–Kier alpha value is -1.48. The summed E-state index contributed by atoms with van der Waals surface area (Å²) in [6, 6.07) is 6.83. The molecule has 0 aliphatic heterocycles. The van der Waals surface area contributed by atoms with E-state index in [1.165, 1.54) is 0 Å². The molecule has 1 rings (SSSR count). The van der Waals surface area contributed by atoms with Crippen molar-refractivity contribution in [1.29, 1.82) is 0 Å². The third-order valence-electron chi connectivity index (χ3n) is 3.54. The molecule has 19 heavy (non-hydrogen) atoms. The monoisotopic (exact) mass is 281 g/mol. The predicted molar refractivity (Wildman–Crippen MR) is 79.4 cm³/mol. The summed E-state index contributed by atoms with van der Waals surface area (Å²) in [4.78, 5) is 11.8. The van der Waals surface area contributed by atoms with Gasteiger partial charge in [0.15, 0.2) is 0 Å². The molecule has 0 aliphatic carbocycles. The summed E-state index contributed by atoms with van der Waals surface area (Å²) in [7, 11) is 0. The fourth-order valence-corrected chi connectivity index (χ4v) is 1.68. The Morgan fingerprint density at radius 3 is 2.32 bits per heavy atom. The van der Waals surface area contributed by atoms with E-state index in [0.717, 1.165) is 12.8 Å². The Morgan fingerprint density at radius 1 is 1.32 bits per heavy atom. The van der Waals surface area contributed by atoms with Crippen molar-refractivity contribution in [3.05, 3.63) is 41.6 Å². The Bertz CT molecular complexity index is 450. The number of hydrogen-bond acceptors (Lipinski definition) is 2. The van der Waals surface area contributed by atoms with E-state index in [1.54, 1.807) is 24.3 Å². The Labute approximate surface area is 119 Å². The lowest BCUT2D eigenvalue weighted by Crippen LogP contribution is -2.23. The van der Waals surface area contributed by atoms with Gasteiger partial charge in [-0.3, -0.25) is 5.32 Å². The number of anilines is 1. The lowest BCUT2D eigenvalue weighted by atomic mass is 9.83. The Morgan fingerprint density at radius 2 is 1.84 bits per heavy atom. The number of ether oxygens (including phenoxy) is 1. The second kappa shape index (κ2) is 6.62. The van der Waals surface area contributed by atoms with Crippen molar-refractivity contribution < 1.29 is 9.53 Å². The van der Waals surface area contributed by atoms with Crippen LogP contribution in [-0.4, -0.2) is 6.09 Å². The second-order valence-corrected chi connectivity index (χ2v) is 5.15. The van der Waals surface area contributed by atoms with Gasteiger partial charge >= 0.3 is 6.09 Å². The molecule has 104 valence electrons. The summed E-state index contributed by atoms with van der Waals surface area (Å²) in [6.07, 6.45) is 1.22. The minimum absolute atomic E-state index is 0.183. The second-order valence-electron chi connectivity index (χ2n) is 4.71. The van der Waals surface area contributed by atoms with Gasteiger partial charge in [-0.1, -0.05) is 39.0 Å². The van der Waals surface area contributed by atoms with Gasteiger partial charge in [-0.2, -0.15) is 0 Å². The molecule has 0 aromatic heterocycles. The highest BCUT2D eigenvalue weighted by atomic mass is 35.5. The van der Waals surface area contributed by atoms with E-state index in [-0.39, 0.29) is 5.41 Å². The van der Waals surface area contributed by atoms with Crippen LogP contribution in [0.5, 0.6) is 0 Å². The number of allylic oxidation sites excluding steroid dienone is 1. The maximum Gasteiger partial charge on any atom is 0.416 e. The Balaban J connectivity index is 2.61. The van der Waals surface area contributed by atoms with Crippen LogP contribution >= 0.6 is 11.6 Å². The molecule has 1 aromatic carbocycles. The van der Waals surface area contributed by atoms with Gasteiger partial charge in [-0.15, -0.1) is 0 Å². The van der Waals surface area contributed by atoms with Gasteiger partial charge in [0.2, 0.25) is 0 Å². The summed E-state index contributed by atoms with van der Waals surface area (Å²) >= 11 is 5.77. The van der Waals surface area contributed by atoms with E-state index < -0.39 is 6.09 Å². The number of carbonyl (C=O) groups is 1. The predicted octanol–water partition coefficient (Wildman–Crippen LogP) is 5.23. The normalized spacial score (nSPS) is 10.9. The largest absolute Gasteiger partial charge is 0.416 e. The lowest BCUT2D eigenvalue weighted by Gasteiger charge is -2.27. The van der Waals surface area contributed by atoms with Crippen LogP contribution in [0, 0.1) is 5.41 Å². The molecule has 0 fully saturated rings. The number of hydrogen-bond donors (Lipinski definition) is 1. The van der Waals surface area contributed by atoms with Crippen molar-refractivity contribution in [3.8, 4) is 0 Å². The third kappa shape index (κ3) is 4.28. The van der Waals surface area contributed by atoms with Crippen LogP contribution < -0.4 is 5.32 Å². The zero-order chi connectivity index (χ0) is 14.5. The van der Waals surface area contributed by atoms with E-state index in [9.17, 15) is 4.79 Å². The van der Waals surface area contributed by atoms with Gasteiger partial charge in [0.1, 0.15) is 5.76 Å². The molecule has 0 spiro atoms. The van der Waals surface area contributed by atoms with Gasteiger partial charge in [-0.25, -0.2) is 4.79 Å². The van der Waals surface area contributed by atoms with Crippen LogP contribution in [0.2, 0.25) is 5.02 Å². The molecule has 0 unspecified atom stereocenters. The summed E-state index contributed by atoms with van der Waals surface area (Å²) in [5.74, 6) is 0.490. The van der Waals surface area contributed by atoms with Crippen molar-refractivity contribution in [2.24, 2.45) is 5.41 Å². The highest BCUT2D eigenvalue weighted by Crippen LogP contribution is 2.34. The quantitative estimate of drug-likeness (QED) is 0.751. The maximum absolute atomic E-state index is 11.8. The van der Waals surface area contributed by atoms with Gasteiger partial charge in [0, 0.05) is 16.1 Å². The standard InChI is InChI=1S/C15H20ClNO2/c1-5-15(4,6-2)11(3)19-14(18)17-13-9-7-12(16)8-10-13/h7-10H,3,5-6H2,1-2,4H3,(H,17,18). The van der Waals surface area contributed by atoms with Crippen LogP contribution in [0.15, 0.2) is 36.6 Å². The maximum atomic E-state index is 11.8. The van der Waals surface area contributed by atoms with E-state index in [4.69, 9.17) is 16.3 Å². The zero-order valence-electron chi connectivity index (χ0n) is 11.6. The number of benzene rings is 1. The van der Waals surface area contributed by atoms with Crippen molar-refractivity contribution in [1.82, 2.24) is 0 Å². The molecule has 1 aromatic rings. The molecular weight excluding hydrogens is 262 g/mol. The van der Waals surface area contributed by atoms with Crippen LogP contribution in [0.3, 0.4) is 0 Å². The van der Waals surface area contributed by atoms with Crippen molar-refractivity contribution in [3.63, 3.8) is 0 Å². The molecule has 0 atom stereocenters. The molecule has 0 heterocycles.